The van der Waals surface area contributed by atoms with Crippen LogP contribution in [0.5, 0.6) is 0 Å². The second kappa shape index (κ2) is 6.19. The Morgan fingerprint density at radius 2 is 1.96 bits per heavy atom. The van der Waals surface area contributed by atoms with Gasteiger partial charge < -0.3 is 10.2 Å². The van der Waals surface area contributed by atoms with E-state index in [0.717, 1.165) is 37.0 Å². The number of likely N-dealkylation sites (tertiary alicyclic amines) is 1. The third-order valence-electron chi connectivity index (χ3n) is 4.82. The van der Waals surface area contributed by atoms with Crippen LogP contribution in [-0.2, 0) is 20.6 Å². The summed E-state index contributed by atoms with van der Waals surface area (Å²) in [4.78, 5) is 39.8. The highest BCUT2D eigenvalue weighted by Crippen LogP contribution is 2.18. The fourth-order valence-corrected chi connectivity index (χ4v) is 3.42. The minimum Gasteiger partial charge on any atom is -0.336 e. The minimum absolute atomic E-state index is 0.0119. The first kappa shape index (κ1) is 15.8. The first-order valence-electron chi connectivity index (χ1n) is 8.00. The Bertz CT molecular complexity index is 723. The number of hydrogen-bond acceptors (Lipinski definition) is 4. The first-order valence-corrected chi connectivity index (χ1v) is 8.00. The summed E-state index contributed by atoms with van der Waals surface area (Å²) in [5.41, 5.74) is 0.125. The van der Waals surface area contributed by atoms with Gasteiger partial charge in [0.2, 0.25) is 0 Å². The molecule has 1 atom stereocenters. The molecule has 126 valence electrons. The lowest BCUT2D eigenvalue weighted by molar-refractivity contribution is 0.120. The van der Waals surface area contributed by atoms with Crippen molar-refractivity contribution in [3.8, 4) is 0 Å². The van der Waals surface area contributed by atoms with E-state index in [2.05, 4.69) is 10.2 Å². The quantitative estimate of drug-likeness (QED) is 0.780. The number of nitrogens with one attached hydrogen (secondary N) is 1. The van der Waals surface area contributed by atoms with Crippen molar-refractivity contribution in [2.45, 2.75) is 25.4 Å². The van der Waals surface area contributed by atoms with Gasteiger partial charge in [-0.05, 0) is 19.4 Å². The van der Waals surface area contributed by atoms with Crippen LogP contribution in [0.25, 0.3) is 0 Å². The Hall–Kier alpha value is -2.09. The molecule has 2 aliphatic rings. The molecule has 1 aromatic heterocycles. The van der Waals surface area contributed by atoms with E-state index in [1.165, 1.54) is 17.7 Å². The van der Waals surface area contributed by atoms with E-state index in [1.807, 2.05) is 4.90 Å². The van der Waals surface area contributed by atoms with E-state index in [0.29, 0.717) is 18.8 Å². The van der Waals surface area contributed by atoms with Crippen LogP contribution in [-0.4, -0.2) is 57.2 Å². The van der Waals surface area contributed by atoms with Crippen LogP contribution < -0.4 is 16.6 Å². The van der Waals surface area contributed by atoms with Gasteiger partial charge in [-0.15, -0.1) is 0 Å². The molecule has 1 N–H and O–H groups in total. The first-order chi connectivity index (χ1) is 11.0. The SMILES string of the molecule is Cn1c(CN2CCC[C@@H](N3CCNC3=O)C2)cc(=O)n(C)c1=O. The maximum absolute atomic E-state index is 12.0. The molecule has 2 fully saturated rings. The van der Waals surface area contributed by atoms with Crippen LogP contribution >= 0.6 is 0 Å². The average molecular weight is 321 g/mol. The molecule has 0 unspecified atom stereocenters. The van der Waals surface area contributed by atoms with Gasteiger partial charge in [-0.25, -0.2) is 9.59 Å². The third kappa shape index (κ3) is 3.03. The van der Waals surface area contributed by atoms with Crippen molar-refractivity contribution in [1.82, 2.24) is 24.3 Å². The minimum atomic E-state index is -0.306. The molecule has 3 rings (SSSR count). The predicted molar refractivity (Wildman–Crippen MR) is 85.3 cm³/mol. The molecule has 0 saturated carbocycles. The fourth-order valence-electron chi connectivity index (χ4n) is 3.42. The van der Waals surface area contributed by atoms with Crippen molar-refractivity contribution in [2.75, 3.05) is 26.2 Å². The zero-order valence-electron chi connectivity index (χ0n) is 13.6. The number of hydrogen-bond donors (Lipinski definition) is 1. The van der Waals surface area contributed by atoms with Crippen LogP contribution in [0.3, 0.4) is 0 Å². The Morgan fingerprint density at radius 3 is 2.65 bits per heavy atom. The topological polar surface area (TPSA) is 79.6 Å². The van der Waals surface area contributed by atoms with E-state index in [1.54, 1.807) is 7.05 Å². The molecule has 2 aliphatic heterocycles. The Morgan fingerprint density at radius 1 is 1.17 bits per heavy atom. The number of aromatic nitrogens is 2. The number of carbonyl (C=O) groups is 1. The zero-order chi connectivity index (χ0) is 16.6. The van der Waals surface area contributed by atoms with Gasteiger partial charge in [-0.3, -0.25) is 18.8 Å². The van der Waals surface area contributed by atoms with Gasteiger partial charge in [0.15, 0.2) is 0 Å². The molecule has 8 heteroatoms. The molecule has 0 radical (unpaired) electrons. The molecule has 0 aliphatic carbocycles. The summed E-state index contributed by atoms with van der Waals surface area (Å²) in [7, 11) is 3.17. The van der Waals surface area contributed by atoms with E-state index in [4.69, 9.17) is 0 Å². The van der Waals surface area contributed by atoms with E-state index in [9.17, 15) is 14.4 Å². The van der Waals surface area contributed by atoms with Gasteiger partial charge in [0.1, 0.15) is 0 Å². The lowest BCUT2D eigenvalue weighted by Crippen LogP contribution is -2.49. The van der Waals surface area contributed by atoms with Gasteiger partial charge >= 0.3 is 11.7 Å². The van der Waals surface area contributed by atoms with Gasteiger partial charge in [0.25, 0.3) is 5.56 Å². The molecule has 2 amide bonds. The highest BCUT2D eigenvalue weighted by molar-refractivity contribution is 5.76. The van der Waals surface area contributed by atoms with Gasteiger partial charge in [-0.1, -0.05) is 0 Å². The maximum Gasteiger partial charge on any atom is 0.330 e. The predicted octanol–water partition coefficient (Wildman–Crippen LogP) is -0.926. The Labute approximate surface area is 134 Å². The van der Waals surface area contributed by atoms with Crippen molar-refractivity contribution in [1.29, 1.82) is 0 Å². The lowest BCUT2D eigenvalue weighted by atomic mass is 10.0. The van der Waals surface area contributed by atoms with Crippen molar-refractivity contribution in [3.05, 3.63) is 32.6 Å². The Balaban J connectivity index is 1.74. The molecule has 3 heterocycles. The summed E-state index contributed by atoms with van der Waals surface area (Å²) in [5.74, 6) is 0. The van der Waals surface area contributed by atoms with Crippen LogP contribution in [0.1, 0.15) is 18.5 Å². The van der Waals surface area contributed by atoms with Crippen LogP contribution in [0.4, 0.5) is 4.79 Å². The van der Waals surface area contributed by atoms with Crippen molar-refractivity contribution in [2.24, 2.45) is 14.1 Å². The fraction of sp³-hybridized carbons (Fsp3) is 0.667. The van der Waals surface area contributed by atoms with Crippen molar-refractivity contribution >= 4 is 6.03 Å². The van der Waals surface area contributed by atoms with Crippen LogP contribution in [0.15, 0.2) is 15.7 Å². The number of rotatable bonds is 3. The van der Waals surface area contributed by atoms with Crippen molar-refractivity contribution in [3.63, 3.8) is 0 Å². The highest BCUT2D eigenvalue weighted by Gasteiger charge is 2.31. The normalized spacial score (nSPS) is 22.4. The standard InChI is InChI=1S/C15H23N5O3/c1-17-12(8-13(21)18(2)15(17)23)10-19-6-3-4-11(9-19)20-7-5-16-14(20)22/h8,11H,3-7,9-10H2,1-2H3,(H,16,22)/t11-/m1/s1. The van der Waals surface area contributed by atoms with Crippen LogP contribution in [0, 0.1) is 0 Å². The average Bonchev–Trinajstić information content (AvgIpc) is 2.97. The number of nitrogens with zero attached hydrogens (tertiary/aromatic N) is 4. The number of carbonyl (C=O) groups excluding carboxylic acids is 1. The summed E-state index contributed by atoms with van der Waals surface area (Å²) in [5, 5.41) is 2.84. The molecule has 2 saturated heterocycles. The highest BCUT2D eigenvalue weighted by atomic mass is 16.2. The molecule has 8 nitrogen and oxygen atoms in total. The smallest absolute Gasteiger partial charge is 0.330 e. The summed E-state index contributed by atoms with van der Waals surface area (Å²) in [6, 6.07) is 1.74. The van der Waals surface area contributed by atoms with E-state index in [-0.39, 0.29) is 23.3 Å². The summed E-state index contributed by atoms with van der Waals surface area (Å²) >= 11 is 0. The lowest BCUT2D eigenvalue weighted by Gasteiger charge is -2.37. The van der Waals surface area contributed by atoms with Gasteiger partial charge in [0, 0.05) is 58.1 Å². The third-order valence-corrected chi connectivity index (χ3v) is 4.82. The largest absolute Gasteiger partial charge is 0.336 e. The molecule has 0 spiro atoms. The van der Waals surface area contributed by atoms with E-state index >= 15 is 0 Å². The van der Waals surface area contributed by atoms with E-state index < -0.39 is 0 Å². The zero-order valence-corrected chi connectivity index (χ0v) is 13.6. The summed E-state index contributed by atoms with van der Waals surface area (Å²) in [6.07, 6.45) is 2.01. The summed E-state index contributed by atoms with van der Waals surface area (Å²) in [6.45, 7) is 3.69. The molecule has 0 aromatic carbocycles. The van der Waals surface area contributed by atoms with Gasteiger partial charge in [-0.2, -0.15) is 0 Å². The molecule has 0 bridgehead atoms. The second-order valence-electron chi connectivity index (χ2n) is 6.33. The maximum atomic E-state index is 12.0. The number of piperidine rings is 1. The number of urea groups is 1. The van der Waals surface area contributed by atoms with Crippen molar-refractivity contribution < 1.29 is 4.79 Å². The number of amides is 2. The van der Waals surface area contributed by atoms with Gasteiger partial charge in [0.05, 0.1) is 0 Å². The molecular formula is C15H23N5O3. The monoisotopic (exact) mass is 321 g/mol. The van der Waals surface area contributed by atoms with Crippen LogP contribution in [0.2, 0.25) is 0 Å². The molecule has 23 heavy (non-hydrogen) atoms. The molecule has 1 aromatic rings. The summed E-state index contributed by atoms with van der Waals surface area (Å²) < 4.78 is 2.63. The second-order valence-corrected chi connectivity index (χ2v) is 6.33. The Kier molecular flexibility index (Phi) is 4.25. The molecular weight excluding hydrogens is 298 g/mol.